The summed E-state index contributed by atoms with van der Waals surface area (Å²) < 4.78 is 0. The zero-order valence-corrected chi connectivity index (χ0v) is 16.0. The molecular weight excluding hydrogens is 350 g/mol. The number of hydrogen-bond acceptors (Lipinski definition) is 4. The summed E-state index contributed by atoms with van der Waals surface area (Å²) in [6.45, 7) is 1.90. The second-order valence-electron chi connectivity index (χ2n) is 7.04. The lowest BCUT2D eigenvalue weighted by molar-refractivity contribution is -0.135. The Morgan fingerprint density at radius 3 is 2.73 bits per heavy atom. The minimum atomic E-state index is -0.804. The molecule has 2 aliphatic rings. The van der Waals surface area contributed by atoms with Crippen molar-refractivity contribution in [2.75, 3.05) is 18.1 Å². The van der Waals surface area contributed by atoms with Gasteiger partial charge in [-0.3, -0.25) is 14.5 Å². The van der Waals surface area contributed by atoms with Crippen LogP contribution in [0, 0.1) is 5.92 Å². The van der Waals surface area contributed by atoms with Crippen LogP contribution in [-0.2, 0) is 9.59 Å². The first-order valence-electron chi connectivity index (χ1n) is 9.05. The van der Waals surface area contributed by atoms with Gasteiger partial charge in [-0.25, -0.2) is 4.79 Å². The van der Waals surface area contributed by atoms with Crippen LogP contribution in [0.1, 0.15) is 39.0 Å². The van der Waals surface area contributed by atoms with Crippen molar-refractivity contribution in [1.29, 1.82) is 0 Å². The van der Waals surface area contributed by atoms with Crippen molar-refractivity contribution in [2.24, 2.45) is 5.92 Å². The van der Waals surface area contributed by atoms with Crippen molar-refractivity contribution in [3.63, 3.8) is 0 Å². The van der Waals surface area contributed by atoms with Gasteiger partial charge in [-0.15, -0.1) is 11.8 Å². The highest BCUT2D eigenvalue weighted by Gasteiger charge is 2.52. The molecule has 1 spiro atoms. The second-order valence-corrected chi connectivity index (χ2v) is 7.91. The van der Waals surface area contributed by atoms with Crippen LogP contribution in [0.2, 0.25) is 0 Å². The molecule has 2 N–H and O–H groups in total. The Bertz CT molecular complexity index is 714. The molecule has 1 saturated carbocycles. The highest BCUT2D eigenvalue weighted by Crippen LogP contribution is 2.37. The van der Waals surface area contributed by atoms with Crippen molar-refractivity contribution in [1.82, 2.24) is 10.2 Å². The number of carbonyl (C=O) groups excluding carboxylic acids is 3. The largest absolute Gasteiger partial charge is 0.325 e. The van der Waals surface area contributed by atoms with E-state index in [2.05, 4.69) is 17.6 Å². The van der Waals surface area contributed by atoms with Gasteiger partial charge in [0.25, 0.3) is 5.91 Å². The smallest absolute Gasteiger partial charge is 0.324 e. The Morgan fingerprint density at radius 2 is 2.08 bits per heavy atom. The first-order chi connectivity index (χ1) is 12.5. The summed E-state index contributed by atoms with van der Waals surface area (Å²) in [6.07, 6.45) is 6.24. The summed E-state index contributed by atoms with van der Waals surface area (Å²) in [5.74, 6) is -0.0116. The highest BCUT2D eigenvalue weighted by atomic mass is 32.2. The van der Waals surface area contributed by atoms with E-state index in [0.29, 0.717) is 24.4 Å². The molecule has 2 fully saturated rings. The molecule has 0 aromatic heterocycles. The van der Waals surface area contributed by atoms with Gasteiger partial charge in [-0.1, -0.05) is 19.4 Å². The number of rotatable bonds is 5. The minimum absolute atomic E-state index is 0.257. The van der Waals surface area contributed by atoms with E-state index in [4.69, 9.17) is 0 Å². The summed E-state index contributed by atoms with van der Waals surface area (Å²) in [5.41, 5.74) is -0.144. The number of hydrogen-bond donors (Lipinski definition) is 2. The fourth-order valence-corrected chi connectivity index (χ4v) is 4.24. The van der Waals surface area contributed by atoms with E-state index in [-0.39, 0.29) is 18.4 Å². The average Bonchev–Trinajstić information content (AvgIpc) is 2.87. The Morgan fingerprint density at radius 1 is 1.35 bits per heavy atom. The van der Waals surface area contributed by atoms with Gasteiger partial charge in [-0.2, -0.15) is 0 Å². The van der Waals surface area contributed by atoms with Gasteiger partial charge < -0.3 is 10.6 Å². The molecule has 1 saturated heterocycles. The van der Waals surface area contributed by atoms with E-state index < -0.39 is 11.6 Å². The monoisotopic (exact) mass is 375 g/mol. The zero-order chi connectivity index (χ0) is 18.7. The number of urea groups is 1. The van der Waals surface area contributed by atoms with Crippen LogP contribution in [0.5, 0.6) is 0 Å². The van der Waals surface area contributed by atoms with E-state index >= 15 is 0 Å². The molecule has 4 amide bonds. The summed E-state index contributed by atoms with van der Waals surface area (Å²) >= 11 is 1.58. The molecule has 26 heavy (non-hydrogen) atoms. The molecule has 6 nitrogen and oxygen atoms in total. The number of imide groups is 1. The molecule has 1 aliphatic carbocycles. The van der Waals surface area contributed by atoms with Gasteiger partial charge in [0.1, 0.15) is 12.1 Å². The fourth-order valence-electron chi connectivity index (χ4n) is 3.78. The van der Waals surface area contributed by atoms with Crippen molar-refractivity contribution in [3.05, 3.63) is 24.3 Å². The summed E-state index contributed by atoms with van der Waals surface area (Å²) in [7, 11) is 0. The molecule has 0 bridgehead atoms. The first kappa shape index (κ1) is 18.8. The Kier molecular flexibility index (Phi) is 5.55. The molecular formula is C19H25N3O3S. The third-order valence-corrected chi connectivity index (χ3v) is 6.16. The number of anilines is 1. The summed E-state index contributed by atoms with van der Waals surface area (Å²) in [6, 6.07) is 7.00. The zero-order valence-electron chi connectivity index (χ0n) is 15.2. The Labute approximate surface area is 158 Å². The molecule has 1 aromatic rings. The molecule has 140 valence electrons. The van der Waals surface area contributed by atoms with E-state index in [9.17, 15) is 14.4 Å². The van der Waals surface area contributed by atoms with Gasteiger partial charge in [0.2, 0.25) is 5.91 Å². The quantitative estimate of drug-likeness (QED) is 0.612. The van der Waals surface area contributed by atoms with Crippen molar-refractivity contribution >= 4 is 35.3 Å². The number of nitrogens with one attached hydrogen (secondary N) is 2. The number of nitrogens with zero attached hydrogens (tertiary/aromatic N) is 1. The molecule has 0 atom stereocenters. The summed E-state index contributed by atoms with van der Waals surface area (Å²) in [4.78, 5) is 39.6. The molecule has 3 rings (SSSR count). The van der Waals surface area contributed by atoms with Gasteiger partial charge in [0.05, 0.1) is 0 Å². The van der Waals surface area contributed by atoms with Crippen LogP contribution in [0.25, 0.3) is 0 Å². The lowest BCUT2D eigenvalue weighted by atomic mass is 9.75. The minimum Gasteiger partial charge on any atom is -0.324 e. The predicted molar refractivity (Wildman–Crippen MR) is 102 cm³/mol. The third kappa shape index (κ3) is 3.72. The van der Waals surface area contributed by atoms with E-state index in [1.165, 1.54) is 0 Å². The fraction of sp³-hybridized carbons (Fsp3) is 0.526. The molecule has 1 heterocycles. The third-order valence-electron chi connectivity index (χ3n) is 5.44. The maximum Gasteiger partial charge on any atom is 0.325 e. The topological polar surface area (TPSA) is 78.5 Å². The highest BCUT2D eigenvalue weighted by molar-refractivity contribution is 7.98. The molecule has 1 aliphatic heterocycles. The van der Waals surface area contributed by atoms with Gasteiger partial charge in [0, 0.05) is 10.6 Å². The van der Waals surface area contributed by atoms with Crippen LogP contribution in [-0.4, -0.2) is 41.1 Å². The Balaban J connectivity index is 1.63. The number of benzene rings is 1. The van der Waals surface area contributed by atoms with E-state index in [1.54, 1.807) is 17.8 Å². The molecule has 0 radical (unpaired) electrons. The van der Waals surface area contributed by atoms with Gasteiger partial charge >= 0.3 is 6.03 Å². The average molecular weight is 375 g/mol. The van der Waals surface area contributed by atoms with Gasteiger partial charge in [0.15, 0.2) is 0 Å². The van der Waals surface area contributed by atoms with Crippen LogP contribution >= 0.6 is 11.8 Å². The molecule has 1 aromatic carbocycles. The predicted octanol–water partition coefficient (Wildman–Crippen LogP) is 3.24. The molecule has 0 unspecified atom stereocenters. The van der Waals surface area contributed by atoms with E-state index in [1.807, 2.05) is 24.5 Å². The lowest BCUT2D eigenvalue weighted by Crippen LogP contribution is -2.49. The summed E-state index contributed by atoms with van der Waals surface area (Å²) in [5, 5.41) is 5.62. The first-order valence-corrected chi connectivity index (χ1v) is 10.3. The normalized spacial score (nSPS) is 25.5. The van der Waals surface area contributed by atoms with Crippen LogP contribution < -0.4 is 10.6 Å². The number of amides is 4. The maximum atomic E-state index is 12.8. The van der Waals surface area contributed by atoms with Crippen LogP contribution in [0.4, 0.5) is 10.5 Å². The Hall–Kier alpha value is -2.02. The lowest BCUT2D eigenvalue weighted by Gasteiger charge is -2.34. The number of carbonyl (C=O) groups is 3. The van der Waals surface area contributed by atoms with Crippen molar-refractivity contribution < 1.29 is 14.4 Å². The van der Waals surface area contributed by atoms with Crippen molar-refractivity contribution in [2.45, 2.75) is 49.5 Å². The SMILES string of the molecule is CCC1CCC2(CC1)NC(=O)N(CC(=O)Nc1cccc(SC)c1)C2=O. The molecule has 7 heteroatoms. The van der Waals surface area contributed by atoms with Gasteiger partial charge in [-0.05, 0) is 56.1 Å². The van der Waals surface area contributed by atoms with Crippen LogP contribution in [0.15, 0.2) is 29.2 Å². The van der Waals surface area contributed by atoms with Crippen LogP contribution in [0.3, 0.4) is 0 Å². The maximum absolute atomic E-state index is 12.8. The van der Waals surface area contributed by atoms with Crippen molar-refractivity contribution in [3.8, 4) is 0 Å². The van der Waals surface area contributed by atoms with E-state index in [0.717, 1.165) is 29.1 Å². The second kappa shape index (κ2) is 7.70. The number of thioether (sulfide) groups is 1. The standard InChI is InChI=1S/C19H25N3O3S/c1-3-13-7-9-19(10-8-13)17(24)22(18(25)21-19)12-16(23)20-14-5-4-6-15(11-14)26-2/h4-6,11,13H,3,7-10,12H2,1-2H3,(H,20,23)(H,21,25).